The summed E-state index contributed by atoms with van der Waals surface area (Å²) >= 11 is 3.04. The molecule has 1 aliphatic rings. The van der Waals surface area contributed by atoms with Crippen molar-refractivity contribution in [3.05, 3.63) is 33.8 Å². The highest BCUT2D eigenvalue weighted by Crippen LogP contribution is 2.26. The highest BCUT2D eigenvalue weighted by atomic mass is 79.9. The van der Waals surface area contributed by atoms with Gasteiger partial charge in [0.05, 0.1) is 10.1 Å². The molecule has 0 aliphatic carbocycles. The first-order chi connectivity index (χ1) is 7.89. The predicted octanol–water partition coefficient (Wildman–Crippen LogP) is 2.68. The summed E-state index contributed by atoms with van der Waals surface area (Å²) in [5.41, 5.74) is -0.698. The number of rotatable bonds is 2. The number of hydrogen-bond acceptors (Lipinski definition) is 2. The van der Waals surface area contributed by atoms with Crippen LogP contribution >= 0.6 is 15.9 Å². The van der Waals surface area contributed by atoms with E-state index in [4.69, 9.17) is 0 Å². The molecule has 17 heavy (non-hydrogen) atoms. The molecule has 1 aliphatic heterocycles. The first-order valence-corrected chi connectivity index (χ1v) is 6.25. The molecule has 1 N–H and O–H groups in total. The Labute approximate surface area is 107 Å². The third-order valence-electron chi connectivity index (χ3n) is 3.05. The van der Waals surface area contributed by atoms with Gasteiger partial charge in [0.2, 0.25) is 0 Å². The minimum Gasteiger partial charge on any atom is -0.389 e. The SMILES string of the molecule is CC1(O)CCN(Cc2c(F)ccc(Br)c2F)C1. The van der Waals surface area contributed by atoms with Crippen molar-refractivity contribution in [2.75, 3.05) is 13.1 Å². The molecule has 2 nitrogen and oxygen atoms in total. The van der Waals surface area contributed by atoms with Crippen molar-refractivity contribution in [1.82, 2.24) is 4.90 Å². The van der Waals surface area contributed by atoms with E-state index in [1.807, 2.05) is 4.90 Å². The zero-order valence-electron chi connectivity index (χ0n) is 9.51. The van der Waals surface area contributed by atoms with Gasteiger partial charge in [-0.2, -0.15) is 0 Å². The summed E-state index contributed by atoms with van der Waals surface area (Å²) < 4.78 is 27.5. The fourth-order valence-electron chi connectivity index (χ4n) is 2.11. The van der Waals surface area contributed by atoms with Gasteiger partial charge in [0, 0.05) is 25.2 Å². The van der Waals surface area contributed by atoms with Crippen LogP contribution in [0.5, 0.6) is 0 Å². The molecule has 5 heteroatoms. The van der Waals surface area contributed by atoms with E-state index in [0.29, 0.717) is 19.5 Å². The molecule has 0 aromatic heterocycles. The Bertz CT molecular complexity index is 437. The molecule has 1 aromatic carbocycles. The Hall–Kier alpha value is -0.520. The van der Waals surface area contributed by atoms with E-state index in [-0.39, 0.29) is 16.6 Å². The van der Waals surface area contributed by atoms with Crippen molar-refractivity contribution in [2.45, 2.75) is 25.5 Å². The van der Waals surface area contributed by atoms with Gasteiger partial charge in [0.15, 0.2) is 0 Å². The molecule has 0 radical (unpaired) electrons. The molecule has 0 saturated carbocycles. The normalized spacial score (nSPS) is 25.5. The molecule has 1 heterocycles. The van der Waals surface area contributed by atoms with E-state index in [1.54, 1.807) is 6.92 Å². The topological polar surface area (TPSA) is 23.5 Å². The number of benzene rings is 1. The van der Waals surface area contributed by atoms with E-state index < -0.39 is 17.2 Å². The van der Waals surface area contributed by atoms with Gasteiger partial charge in [0.25, 0.3) is 0 Å². The van der Waals surface area contributed by atoms with E-state index in [2.05, 4.69) is 15.9 Å². The molecular weight excluding hydrogens is 292 g/mol. The maximum absolute atomic E-state index is 13.7. The first-order valence-electron chi connectivity index (χ1n) is 5.46. The van der Waals surface area contributed by atoms with Gasteiger partial charge in [0.1, 0.15) is 11.6 Å². The summed E-state index contributed by atoms with van der Waals surface area (Å²) in [4.78, 5) is 1.86. The quantitative estimate of drug-likeness (QED) is 0.849. The van der Waals surface area contributed by atoms with Crippen LogP contribution in [0.2, 0.25) is 0 Å². The number of hydrogen-bond donors (Lipinski definition) is 1. The molecule has 0 bridgehead atoms. The lowest BCUT2D eigenvalue weighted by atomic mass is 10.1. The minimum absolute atomic E-state index is 0.0528. The van der Waals surface area contributed by atoms with Crippen molar-refractivity contribution in [2.24, 2.45) is 0 Å². The van der Waals surface area contributed by atoms with Crippen molar-refractivity contribution in [3.8, 4) is 0 Å². The van der Waals surface area contributed by atoms with Crippen LogP contribution in [0.3, 0.4) is 0 Å². The minimum atomic E-state index is -0.751. The van der Waals surface area contributed by atoms with Crippen LogP contribution < -0.4 is 0 Å². The molecule has 0 amide bonds. The second-order valence-corrected chi connectivity index (χ2v) is 5.63. The summed E-state index contributed by atoms with van der Waals surface area (Å²) in [6.45, 7) is 3.02. The Balaban J connectivity index is 2.17. The number of halogens is 3. The molecule has 1 saturated heterocycles. The molecule has 0 spiro atoms. The van der Waals surface area contributed by atoms with Gasteiger partial charge >= 0.3 is 0 Å². The number of likely N-dealkylation sites (tertiary alicyclic amines) is 1. The van der Waals surface area contributed by atoms with Crippen LogP contribution in [-0.2, 0) is 6.54 Å². The second kappa shape index (κ2) is 4.63. The Kier molecular flexibility index (Phi) is 3.52. The zero-order valence-corrected chi connectivity index (χ0v) is 11.1. The van der Waals surface area contributed by atoms with Gasteiger partial charge < -0.3 is 5.11 Å². The number of aliphatic hydroxyl groups is 1. The third kappa shape index (κ3) is 2.84. The first kappa shape index (κ1) is 12.9. The maximum atomic E-state index is 13.7. The van der Waals surface area contributed by atoms with E-state index >= 15 is 0 Å². The van der Waals surface area contributed by atoms with E-state index in [1.165, 1.54) is 12.1 Å². The molecule has 2 rings (SSSR count). The van der Waals surface area contributed by atoms with Gasteiger partial charge in [-0.1, -0.05) is 0 Å². The molecule has 1 atom stereocenters. The summed E-state index contributed by atoms with van der Waals surface area (Å²) in [5, 5.41) is 9.80. The van der Waals surface area contributed by atoms with Crippen LogP contribution in [0.4, 0.5) is 8.78 Å². The lowest BCUT2D eigenvalue weighted by Gasteiger charge is -2.19. The predicted molar refractivity (Wildman–Crippen MR) is 64.6 cm³/mol. The highest BCUT2D eigenvalue weighted by molar-refractivity contribution is 9.10. The highest BCUT2D eigenvalue weighted by Gasteiger charge is 2.32. The zero-order chi connectivity index (χ0) is 12.6. The van der Waals surface area contributed by atoms with Crippen molar-refractivity contribution in [3.63, 3.8) is 0 Å². The van der Waals surface area contributed by atoms with Crippen LogP contribution in [0, 0.1) is 11.6 Å². The summed E-state index contributed by atoms with van der Waals surface area (Å²) in [6.07, 6.45) is 0.629. The van der Waals surface area contributed by atoms with Gasteiger partial charge in [-0.3, -0.25) is 4.90 Å². The largest absolute Gasteiger partial charge is 0.389 e. The van der Waals surface area contributed by atoms with E-state index in [9.17, 15) is 13.9 Å². The molecular formula is C12H14BrF2NO. The number of β-amino-alcohol motifs (C(OH)–C–C–N with tert-alkyl or cyclic N) is 1. The maximum Gasteiger partial charge on any atom is 0.144 e. The van der Waals surface area contributed by atoms with Gasteiger partial charge in [-0.05, 0) is 41.4 Å². The van der Waals surface area contributed by atoms with Gasteiger partial charge in [-0.25, -0.2) is 8.78 Å². The fraction of sp³-hybridized carbons (Fsp3) is 0.500. The summed E-state index contributed by atoms with van der Waals surface area (Å²) in [7, 11) is 0. The van der Waals surface area contributed by atoms with Crippen LogP contribution in [0.15, 0.2) is 16.6 Å². The lowest BCUT2D eigenvalue weighted by Crippen LogP contribution is -2.29. The summed E-state index contributed by atoms with van der Waals surface area (Å²) in [5.74, 6) is -1.10. The summed E-state index contributed by atoms with van der Waals surface area (Å²) in [6, 6.07) is 2.60. The van der Waals surface area contributed by atoms with E-state index in [0.717, 1.165) is 0 Å². The molecule has 94 valence electrons. The molecule has 1 aromatic rings. The van der Waals surface area contributed by atoms with Crippen LogP contribution in [-0.4, -0.2) is 28.7 Å². The monoisotopic (exact) mass is 305 g/mol. The second-order valence-electron chi connectivity index (χ2n) is 4.78. The Morgan fingerprint density at radius 3 is 2.76 bits per heavy atom. The fourth-order valence-corrected chi connectivity index (χ4v) is 2.48. The molecule has 1 unspecified atom stereocenters. The number of nitrogens with zero attached hydrogens (tertiary/aromatic N) is 1. The van der Waals surface area contributed by atoms with Crippen molar-refractivity contribution < 1.29 is 13.9 Å². The van der Waals surface area contributed by atoms with Crippen molar-refractivity contribution >= 4 is 15.9 Å². The molecule has 1 fully saturated rings. The smallest absolute Gasteiger partial charge is 0.144 e. The standard InChI is InChI=1S/C12H14BrF2NO/c1-12(17)4-5-16(7-12)6-8-10(14)3-2-9(13)11(8)15/h2-3,17H,4-7H2,1H3. The van der Waals surface area contributed by atoms with Gasteiger partial charge in [-0.15, -0.1) is 0 Å². The average molecular weight is 306 g/mol. The Morgan fingerprint density at radius 1 is 1.47 bits per heavy atom. The van der Waals surface area contributed by atoms with Crippen LogP contribution in [0.25, 0.3) is 0 Å². The third-order valence-corrected chi connectivity index (χ3v) is 3.66. The Morgan fingerprint density at radius 2 is 2.18 bits per heavy atom. The average Bonchev–Trinajstić information content (AvgIpc) is 2.59. The van der Waals surface area contributed by atoms with Crippen molar-refractivity contribution in [1.29, 1.82) is 0 Å². The van der Waals surface area contributed by atoms with Crippen LogP contribution in [0.1, 0.15) is 18.9 Å². The lowest BCUT2D eigenvalue weighted by molar-refractivity contribution is 0.0676.